The summed E-state index contributed by atoms with van der Waals surface area (Å²) in [5.41, 5.74) is 0. The first kappa shape index (κ1) is 66.8. The fourth-order valence-corrected chi connectivity index (χ4v) is 9.24. The smallest absolute Gasteiger partial charge is 0.362 e. The van der Waals surface area contributed by atoms with Crippen LogP contribution >= 0.6 is 0 Å². The Morgan fingerprint density at radius 1 is 0.435 bits per heavy atom. The lowest BCUT2D eigenvalue weighted by Gasteiger charge is -2.31. The molecule has 0 heterocycles. The number of hydrogen-bond donors (Lipinski definition) is 1. The van der Waals surface area contributed by atoms with E-state index in [1.165, 1.54) is 212 Å². The Morgan fingerprint density at radius 3 is 1.12 bits per heavy atom. The van der Waals surface area contributed by atoms with Gasteiger partial charge in [0.1, 0.15) is 6.61 Å². The first-order chi connectivity index (χ1) is 33.6. The molecule has 8 nitrogen and oxygen atoms in total. The van der Waals surface area contributed by atoms with Crippen molar-refractivity contribution in [2.75, 3.05) is 41.0 Å². The van der Waals surface area contributed by atoms with Crippen LogP contribution in [0.25, 0.3) is 0 Å². The van der Waals surface area contributed by atoms with Gasteiger partial charge in [0.25, 0.3) is 0 Å². The summed E-state index contributed by atoms with van der Waals surface area (Å²) in [6.45, 7) is 4.79. The van der Waals surface area contributed by atoms with E-state index >= 15 is 0 Å². The van der Waals surface area contributed by atoms with Crippen molar-refractivity contribution in [3.63, 3.8) is 0 Å². The van der Waals surface area contributed by atoms with Gasteiger partial charge in [-0.15, -0.1) is 0 Å². The van der Waals surface area contributed by atoms with Gasteiger partial charge in [0.2, 0.25) is 0 Å². The molecule has 0 radical (unpaired) electrons. The average molecular weight is 976 g/mol. The highest BCUT2D eigenvalue weighted by Gasteiger charge is 2.31. The van der Waals surface area contributed by atoms with Gasteiger partial charge in [-0.05, 0) is 44.9 Å². The van der Waals surface area contributed by atoms with E-state index < -0.39 is 18.1 Å². The summed E-state index contributed by atoms with van der Waals surface area (Å²) in [6, 6.07) is -0.615. The van der Waals surface area contributed by atoms with Crippen molar-refractivity contribution < 1.29 is 38.2 Å². The van der Waals surface area contributed by atoms with Gasteiger partial charge >= 0.3 is 17.9 Å². The number of quaternary nitrogens is 1. The number of rotatable bonds is 55. The molecule has 0 spiro atoms. The average Bonchev–Trinajstić information content (AvgIpc) is 3.31. The molecule has 0 aliphatic carbocycles. The van der Waals surface area contributed by atoms with Crippen molar-refractivity contribution in [2.45, 2.75) is 309 Å². The molecule has 0 amide bonds. The zero-order chi connectivity index (χ0) is 50.6. The van der Waals surface area contributed by atoms with Crippen LogP contribution in [-0.4, -0.2) is 80.6 Å². The molecule has 0 aromatic rings. The molecule has 2 atom stereocenters. The zero-order valence-electron chi connectivity index (χ0n) is 46.5. The third kappa shape index (κ3) is 50.5. The number of carbonyl (C=O) groups is 3. The molecule has 0 aromatic carbocycles. The number of esters is 2. The second-order valence-corrected chi connectivity index (χ2v) is 21.6. The highest BCUT2D eigenvalue weighted by molar-refractivity contribution is 5.72. The molecule has 0 bridgehead atoms. The second kappa shape index (κ2) is 52.1. The number of hydrogen-bond acceptors (Lipinski definition) is 6. The molecule has 0 saturated carbocycles. The van der Waals surface area contributed by atoms with E-state index in [4.69, 9.17) is 14.2 Å². The van der Waals surface area contributed by atoms with E-state index in [9.17, 15) is 19.5 Å². The third-order valence-electron chi connectivity index (χ3n) is 13.9. The van der Waals surface area contributed by atoms with Crippen LogP contribution in [0, 0.1) is 0 Å². The number of allylic oxidation sites excluding steroid dienone is 4. The van der Waals surface area contributed by atoms with Gasteiger partial charge in [0.05, 0.1) is 34.4 Å². The summed E-state index contributed by atoms with van der Waals surface area (Å²) in [5, 5.41) is 9.68. The molecule has 69 heavy (non-hydrogen) atoms. The van der Waals surface area contributed by atoms with E-state index in [0.717, 1.165) is 51.4 Å². The van der Waals surface area contributed by atoms with Crippen molar-refractivity contribution in [3.8, 4) is 0 Å². The lowest BCUT2D eigenvalue weighted by molar-refractivity contribution is -0.887. The molecule has 0 fully saturated rings. The number of likely N-dealkylation sites (N-methyl/N-ethyl adjacent to an activating group) is 1. The van der Waals surface area contributed by atoms with Crippen molar-refractivity contribution in [2.24, 2.45) is 0 Å². The Bertz CT molecular complexity index is 1180. The molecule has 0 aliphatic rings. The molecule has 0 aliphatic heterocycles. The van der Waals surface area contributed by atoms with Crippen LogP contribution in [0.3, 0.4) is 0 Å². The molecule has 1 N–H and O–H groups in total. The number of carboxylic acids is 1. The first-order valence-electron chi connectivity index (χ1n) is 29.9. The second-order valence-electron chi connectivity index (χ2n) is 21.6. The summed E-state index contributed by atoms with van der Waals surface area (Å²) in [7, 11) is 5.55. The fraction of sp³-hybridized carbons (Fsp3) is 0.885. The van der Waals surface area contributed by atoms with Crippen molar-refractivity contribution in [1.29, 1.82) is 0 Å². The molecule has 406 valence electrons. The number of unbranched alkanes of at least 4 members (excludes halogenated alkanes) is 37. The fourth-order valence-electron chi connectivity index (χ4n) is 9.24. The Balaban J connectivity index is 4.14. The maximum atomic E-state index is 12.8. The molecule has 0 aromatic heterocycles. The predicted molar refractivity (Wildman–Crippen MR) is 294 cm³/mol. The largest absolute Gasteiger partial charge is 0.477 e. The standard InChI is InChI=1S/C61H115NO7/c1-6-8-10-12-14-16-18-20-22-24-26-28-30-32-34-36-38-40-42-44-46-48-50-52-60(64)69-57(55-67-54-53-58(61(65)66)62(3,4)5)56-68-59(63)51-49-47-45-43-41-39-37-35-33-31-29-27-25-23-21-19-17-15-13-11-9-7-2/h26,28,32,34,57-58H,6-25,27,29-31,33,35-56H2,1-5H3/p+1/b28-26+,34-32+. The van der Waals surface area contributed by atoms with E-state index in [-0.39, 0.29) is 36.2 Å². The summed E-state index contributed by atoms with van der Waals surface area (Å²) in [5.74, 6) is -1.45. The van der Waals surface area contributed by atoms with Crippen molar-refractivity contribution in [3.05, 3.63) is 24.3 Å². The minimum Gasteiger partial charge on any atom is -0.477 e. The number of carboxylic acid groups (broad SMARTS) is 1. The van der Waals surface area contributed by atoms with Gasteiger partial charge in [-0.1, -0.05) is 256 Å². The van der Waals surface area contributed by atoms with Crippen molar-refractivity contribution >= 4 is 17.9 Å². The van der Waals surface area contributed by atoms with E-state index in [1.807, 2.05) is 21.1 Å². The van der Waals surface area contributed by atoms with Gasteiger partial charge < -0.3 is 23.8 Å². The summed E-state index contributed by atoms with van der Waals surface area (Å²) in [6.07, 6.45) is 62.5. The predicted octanol–water partition coefficient (Wildman–Crippen LogP) is 17.9. The number of aliphatic carboxylic acids is 1. The van der Waals surface area contributed by atoms with Crippen LogP contribution in [0.1, 0.15) is 296 Å². The van der Waals surface area contributed by atoms with Gasteiger partial charge in [-0.2, -0.15) is 0 Å². The molecular formula is C61H116NO7+. The highest BCUT2D eigenvalue weighted by Crippen LogP contribution is 2.17. The molecular weight excluding hydrogens is 859 g/mol. The van der Waals surface area contributed by atoms with Gasteiger partial charge in [-0.25, -0.2) is 4.79 Å². The Labute approximate surface area is 428 Å². The summed E-state index contributed by atoms with van der Waals surface area (Å²) in [4.78, 5) is 37.3. The van der Waals surface area contributed by atoms with E-state index in [1.54, 1.807) is 0 Å². The molecule has 0 rings (SSSR count). The van der Waals surface area contributed by atoms with Gasteiger partial charge in [-0.3, -0.25) is 9.59 Å². The van der Waals surface area contributed by atoms with Crippen LogP contribution in [0.2, 0.25) is 0 Å². The van der Waals surface area contributed by atoms with Gasteiger partial charge in [0.15, 0.2) is 12.1 Å². The van der Waals surface area contributed by atoms with E-state index in [0.29, 0.717) is 19.3 Å². The van der Waals surface area contributed by atoms with E-state index in [2.05, 4.69) is 38.2 Å². The quantitative estimate of drug-likeness (QED) is 0.0280. The SMILES string of the molecule is CCCCCCCCCCC/C=C/C/C=C/CCCCCCCCCC(=O)OC(COCCC(C(=O)O)[N+](C)(C)C)COC(=O)CCCCCCCCCCCCCCCCCCCCCCCC. The number of ether oxygens (including phenoxy) is 3. The molecule has 0 saturated heterocycles. The van der Waals surface area contributed by atoms with Crippen LogP contribution in [0.5, 0.6) is 0 Å². The monoisotopic (exact) mass is 975 g/mol. The van der Waals surface area contributed by atoms with Crippen LogP contribution in [0.15, 0.2) is 24.3 Å². The maximum absolute atomic E-state index is 12.8. The lowest BCUT2D eigenvalue weighted by Crippen LogP contribution is -2.50. The maximum Gasteiger partial charge on any atom is 0.362 e. The third-order valence-corrected chi connectivity index (χ3v) is 13.9. The highest BCUT2D eigenvalue weighted by atomic mass is 16.6. The normalized spacial score (nSPS) is 12.9. The zero-order valence-corrected chi connectivity index (χ0v) is 46.5. The van der Waals surface area contributed by atoms with Crippen LogP contribution in [-0.2, 0) is 28.6 Å². The Kier molecular flexibility index (Phi) is 50.5. The number of nitrogens with zero attached hydrogens (tertiary/aromatic N) is 1. The summed E-state index contributed by atoms with van der Waals surface area (Å²) < 4.78 is 17.4. The molecule has 8 heteroatoms. The molecule has 2 unspecified atom stereocenters. The summed E-state index contributed by atoms with van der Waals surface area (Å²) >= 11 is 0. The van der Waals surface area contributed by atoms with Crippen molar-refractivity contribution in [1.82, 2.24) is 0 Å². The topological polar surface area (TPSA) is 99.1 Å². The number of carbonyl (C=O) groups excluding carboxylic acids is 2. The lowest BCUT2D eigenvalue weighted by atomic mass is 10.0. The first-order valence-corrected chi connectivity index (χ1v) is 29.9. The van der Waals surface area contributed by atoms with Crippen LogP contribution < -0.4 is 0 Å². The Morgan fingerprint density at radius 2 is 0.768 bits per heavy atom. The van der Waals surface area contributed by atoms with Gasteiger partial charge in [0, 0.05) is 19.3 Å². The Hall–Kier alpha value is -2.19. The minimum absolute atomic E-state index is 0.0487. The minimum atomic E-state index is -0.871. The van der Waals surface area contributed by atoms with Crippen LogP contribution in [0.4, 0.5) is 0 Å².